The fourth-order valence-corrected chi connectivity index (χ4v) is 3.14. The summed E-state index contributed by atoms with van der Waals surface area (Å²) in [4.78, 5) is 12.3. The van der Waals surface area contributed by atoms with Gasteiger partial charge in [0.15, 0.2) is 5.82 Å². The minimum Gasteiger partial charge on any atom is -0.388 e. The Morgan fingerprint density at radius 3 is 2.96 bits per heavy atom. The molecule has 0 aliphatic heterocycles. The Hall–Kier alpha value is -2.76. The van der Waals surface area contributed by atoms with Crippen LogP contribution in [0.4, 0.5) is 0 Å². The predicted octanol–water partition coefficient (Wildman–Crippen LogP) is 0.964. The van der Waals surface area contributed by atoms with E-state index in [-0.39, 0.29) is 24.5 Å². The summed E-state index contributed by atoms with van der Waals surface area (Å²) >= 11 is 0. The minimum atomic E-state index is -0.178. The summed E-state index contributed by atoms with van der Waals surface area (Å²) in [5.74, 6) is 1.36. The van der Waals surface area contributed by atoms with Gasteiger partial charge < -0.3 is 19.7 Å². The maximum atomic E-state index is 12.3. The zero-order chi connectivity index (χ0) is 18.5. The first-order valence-electron chi connectivity index (χ1n) is 8.49. The number of ether oxygens (including phenoxy) is 1. The highest BCUT2D eigenvalue weighted by Crippen LogP contribution is 2.36. The van der Waals surface area contributed by atoms with E-state index >= 15 is 0 Å². The molecule has 1 amide bonds. The molecular formula is C18H21N5O3. The molecule has 136 valence electrons. The van der Waals surface area contributed by atoms with Crippen LogP contribution in [0.2, 0.25) is 0 Å². The fraction of sp³-hybridized carbons (Fsp3) is 0.444. The van der Waals surface area contributed by atoms with Crippen molar-refractivity contribution in [3.8, 4) is 6.07 Å². The molecule has 2 aromatic rings. The third-order valence-corrected chi connectivity index (χ3v) is 4.61. The molecule has 8 nitrogen and oxygen atoms in total. The molecular weight excluding hydrogens is 334 g/mol. The van der Waals surface area contributed by atoms with Crippen molar-refractivity contribution in [2.24, 2.45) is 0 Å². The number of hydrogen-bond donors (Lipinski definition) is 2. The van der Waals surface area contributed by atoms with E-state index in [4.69, 9.17) is 10.00 Å². The average Bonchev–Trinajstić information content (AvgIpc) is 3.04. The Bertz CT molecular complexity index is 820. The van der Waals surface area contributed by atoms with E-state index in [0.29, 0.717) is 30.1 Å². The number of hydrogen-bond acceptors (Lipinski definition) is 6. The molecule has 0 unspecified atom stereocenters. The van der Waals surface area contributed by atoms with Crippen LogP contribution in [0, 0.1) is 11.3 Å². The first-order valence-corrected chi connectivity index (χ1v) is 8.49. The molecule has 0 atom stereocenters. The van der Waals surface area contributed by atoms with E-state index in [9.17, 15) is 9.90 Å². The van der Waals surface area contributed by atoms with Crippen LogP contribution in [0.1, 0.15) is 46.3 Å². The number of carbonyl (C=O) groups is 1. The Morgan fingerprint density at radius 1 is 1.46 bits per heavy atom. The van der Waals surface area contributed by atoms with Gasteiger partial charge in [-0.1, -0.05) is 6.07 Å². The maximum absolute atomic E-state index is 12.3. The van der Waals surface area contributed by atoms with Gasteiger partial charge in [0.1, 0.15) is 12.4 Å². The standard InChI is InChI=1S/C18H21N5O3/c1-26-6-5-23-16(11-24)21-22-17(23)14-8-15(9-14)20-18(25)13-4-2-3-12(7-13)10-19/h2-4,7,14-15,24H,5-6,8-9,11H2,1H3,(H,20,25). The monoisotopic (exact) mass is 355 g/mol. The molecule has 2 N–H and O–H groups in total. The van der Waals surface area contributed by atoms with Crippen LogP contribution in [0.25, 0.3) is 0 Å². The maximum Gasteiger partial charge on any atom is 0.251 e. The molecule has 26 heavy (non-hydrogen) atoms. The van der Waals surface area contributed by atoms with Crippen molar-refractivity contribution >= 4 is 5.91 Å². The lowest BCUT2D eigenvalue weighted by atomic mass is 9.79. The molecule has 1 aromatic carbocycles. The summed E-state index contributed by atoms with van der Waals surface area (Å²) in [6.45, 7) is 0.933. The van der Waals surface area contributed by atoms with Crippen molar-refractivity contribution in [3.05, 3.63) is 47.0 Å². The molecule has 0 radical (unpaired) electrons. The van der Waals surface area contributed by atoms with Crippen LogP contribution < -0.4 is 5.32 Å². The average molecular weight is 355 g/mol. The van der Waals surface area contributed by atoms with E-state index in [0.717, 1.165) is 18.7 Å². The number of aliphatic hydroxyl groups is 1. The molecule has 1 saturated carbocycles. The van der Waals surface area contributed by atoms with Gasteiger partial charge in [0, 0.05) is 31.2 Å². The summed E-state index contributed by atoms with van der Waals surface area (Å²) in [6, 6.07) is 8.74. The van der Waals surface area contributed by atoms with Crippen molar-refractivity contribution in [1.82, 2.24) is 20.1 Å². The third-order valence-electron chi connectivity index (χ3n) is 4.61. The number of aliphatic hydroxyl groups excluding tert-OH is 1. The topological polar surface area (TPSA) is 113 Å². The highest BCUT2D eigenvalue weighted by Gasteiger charge is 2.35. The Balaban J connectivity index is 1.60. The summed E-state index contributed by atoms with van der Waals surface area (Å²) in [5, 5.41) is 29.6. The van der Waals surface area contributed by atoms with Crippen LogP contribution in [-0.2, 0) is 17.9 Å². The van der Waals surface area contributed by atoms with Crippen molar-refractivity contribution in [3.63, 3.8) is 0 Å². The van der Waals surface area contributed by atoms with Gasteiger partial charge in [0.05, 0.1) is 18.2 Å². The van der Waals surface area contributed by atoms with Crippen molar-refractivity contribution < 1.29 is 14.6 Å². The second-order valence-electron chi connectivity index (χ2n) is 6.31. The lowest BCUT2D eigenvalue weighted by molar-refractivity contribution is 0.0906. The number of amides is 1. The SMILES string of the molecule is COCCn1c(CO)nnc1C1CC(NC(=O)c2cccc(C#N)c2)C1. The first-order chi connectivity index (χ1) is 12.7. The minimum absolute atomic E-state index is 0.0587. The summed E-state index contributed by atoms with van der Waals surface area (Å²) in [7, 11) is 1.62. The van der Waals surface area contributed by atoms with Gasteiger partial charge in [-0.3, -0.25) is 4.79 Å². The molecule has 3 rings (SSSR count). The Morgan fingerprint density at radius 2 is 2.27 bits per heavy atom. The van der Waals surface area contributed by atoms with Crippen LogP contribution in [0.15, 0.2) is 24.3 Å². The molecule has 1 aromatic heterocycles. The lowest BCUT2D eigenvalue weighted by Gasteiger charge is -2.35. The zero-order valence-corrected chi connectivity index (χ0v) is 14.6. The molecule has 1 aliphatic rings. The van der Waals surface area contributed by atoms with Gasteiger partial charge in [0.2, 0.25) is 0 Å². The number of rotatable bonds is 7. The molecule has 1 heterocycles. The van der Waals surface area contributed by atoms with Crippen LogP contribution in [0.5, 0.6) is 0 Å². The Labute approximate surface area is 151 Å². The number of nitrogens with zero attached hydrogens (tertiary/aromatic N) is 4. The zero-order valence-electron chi connectivity index (χ0n) is 14.6. The first kappa shape index (κ1) is 18.0. The number of benzene rings is 1. The largest absolute Gasteiger partial charge is 0.388 e. The van der Waals surface area contributed by atoms with Gasteiger partial charge in [-0.2, -0.15) is 5.26 Å². The van der Waals surface area contributed by atoms with Gasteiger partial charge in [-0.15, -0.1) is 10.2 Å². The van der Waals surface area contributed by atoms with Crippen molar-refractivity contribution in [1.29, 1.82) is 5.26 Å². The van der Waals surface area contributed by atoms with Crippen LogP contribution in [-0.4, -0.2) is 45.5 Å². The third kappa shape index (κ3) is 3.74. The molecule has 0 spiro atoms. The van der Waals surface area contributed by atoms with Crippen molar-refractivity contribution in [2.45, 2.75) is 38.0 Å². The smallest absolute Gasteiger partial charge is 0.251 e. The second kappa shape index (κ2) is 8.08. The van der Waals surface area contributed by atoms with Gasteiger partial charge in [-0.05, 0) is 31.0 Å². The molecule has 0 saturated heterocycles. The van der Waals surface area contributed by atoms with Gasteiger partial charge in [0.25, 0.3) is 5.91 Å². The molecule has 1 fully saturated rings. The van der Waals surface area contributed by atoms with E-state index < -0.39 is 0 Å². The number of carbonyl (C=O) groups excluding carboxylic acids is 1. The lowest BCUT2D eigenvalue weighted by Crippen LogP contribution is -2.44. The van der Waals surface area contributed by atoms with Gasteiger partial charge >= 0.3 is 0 Å². The Kier molecular flexibility index (Phi) is 5.61. The highest BCUT2D eigenvalue weighted by atomic mass is 16.5. The van der Waals surface area contributed by atoms with E-state index in [2.05, 4.69) is 15.5 Å². The molecule has 1 aliphatic carbocycles. The summed E-state index contributed by atoms with van der Waals surface area (Å²) in [6.07, 6.45) is 1.53. The van der Waals surface area contributed by atoms with Crippen LogP contribution in [0.3, 0.4) is 0 Å². The molecule has 0 bridgehead atoms. The van der Waals surface area contributed by atoms with Crippen molar-refractivity contribution in [2.75, 3.05) is 13.7 Å². The summed E-state index contributed by atoms with van der Waals surface area (Å²) < 4.78 is 7.00. The predicted molar refractivity (Wildman–Crippen MR) is 92.2 cm³/mol. The number of nitrogens with one attached hydrogen (secondary N) is 1. The number of aromatic nitrogens is 3. The van der Waals surface area contributed by atoms with E-state index in [1.54, 1.807) is 31.4 Å². The molecule has 8 heteroatoms. The van der Waals surface area contributed by atoms with Crippen LogP contribution >= 0.6 is 0 Å². The van der Waals surface area contributed by atoms with Gasteiger partial charge in [-0.25, -0.2) is 0 Å². The normalized spacial score (nSPS) is 18.8. The second-order valence-corrected chi connectivity index (χ2v) is 6.31. The highest BCUT2D eigenvalue weighted by molar-refractivity contribution is 5.94. The summed E-state index contributed by atoms with van der Waals surface area (Å²) in [5.41, 5.74) is 0.949. The fourth-order valence-electron chi connectivity index (χ4n) is 3.14. The van der Waals surface area contributed by atoms with E-state index in [1.807, 2.05) is 10.6 Å². The van der Waals surface area contributed by atoms with E-state index in [1.165, 1.54) is 0 Å². The number of methoxy groups -OCH3 is 1. The number of nitriles is 1. The quantitative estimate of drug-likeness (QED) is 0.765.